The summed E-state index contributed by atoms with van der Waals surface area (Å²) in [5.74, 6) is 1.39. The van der Waals surface area contributed by atoms with Crippen molar-refractivity contribution in [3.05, 3.63) is 59.2 Å². The minimum absolute atomic E-state index is 0.00345. The van der Waals surface area contributed by atoms with E-state index in [2.05, 4.69) is 0 Å². The van der Waals surface area contributed by atoms with Crippen LogP contribution in [-0.2, 0) is 6.61 Å². The summed E-state index contributed by atoms with van der Waals surface area (Å²) in [7, 11) is 1.63. The Hall–Kier alpha value is -2.29. The predicted molar refractivity (Wildman–Crippen MR) is 78.5 cm³/mol. The van der Waals surface area contributed by atoms with Gasteiger partial charge in [0.2, 0.25) is 0 Å². The van der Waals surface area contributed by atoms with Crippen LogP contribution in [0.3, 0.4) is 0 Å². The van der Waals surface area contributed by atoms with E-state index < -0.39 is 0 Å². The summed E-state index contributed by atoms with van der Waals surface area (Å²) in [6.45, 7) is 3.87. The first-order valence-electron chi connectivity index (χ1n) is 6.48. The van der Waals surface area contributed by atoms with E-state index >= 15 is 0 Å². The molecule has 2 aromatic carbocycles. The first-order chi connectivity index (χ1) is 9.61. The maximum Gasteiger partial charge on any atom is 0.163 e. The van der Waals surface area contributed by atoms with Crippen molar-refractivity contribution >= 4 is 5.78 Å². The lowest BCUT2D eigenvalue weighted by molar-refractivity contribution is 0.101. The molecule has 0 atom stereocenters. The second-order valence-corrected chi connectivity index (χ2v) is 4.66. The third-order valence-electron chi connectivity index (χ3n) is 3.09. The standard InChI is InChI=1S/C17H18O3/c1-12-8-9-17(15(10-12)13(2)18)20-11-14-6-4-5-7-16(14)19-3/h4-10H,11H2,1-3H3. The van der Waals surface area contributed by atoms with Crippen molar-refractivity contribution in [3.63, 3.8) is 0 Å². The highest BCUT2D eigenvalue weighted by Crippen LogP contribution is 2.24. The van der Waals surface area contributed by atoms with Crippen molar-refractivity contribution in [1.82, 2.24) is 0 Å². The Morgan fingerprint density at radius 1 is 1.10 bits per heavy atom. The molecule has 20 heavy (non-hydrogen) atoms. The van der Waals surface area contributed by atoms with E-state index in [0.29, 0.717) is 17.9 Å². The molecule has 0 bridgehead atoms. The van der Waals surface area contributed by atoms with Crippen LogP contribution in [0.4, 0.5) is 0 Å². The van der Waals surface area contributed by atoms with E-state index in [1.165, 1.54) is 0 Å². The van der Waals surface area contributed by atoms with Crippen LogP contribution in [0.5, 0.6) is 11.5 Å². The molecule has 0 unspecified atom stereocenters. The van der Waals surface area contributed by atoms with Crippen LogP contribution in [0.2, 0.25) is 0 Å². The summed E-state index contributed by atoms with van der Waals surface area (Å²) in [6, 6.07) is 13.3. The Balaban J connectivity index is 2.21. The van der Waals surface area contributed by atoms with Gasteiger partial charge in [0.05, 0.1) is 12.7 Å². The fourth-order valence-electron chi connectivity index (χ4n) is 2.02. The highest BCUT2D eigenvalue weighted by Gasteiger charge is 2.10. The molecule has 0 saturated carbocycles. The quantitative estimate of drug-likeness (QED) is 0.775. The number of hydrogen-bond acceptors (Lipinski definition) is 3. The summed E-state index contributed by atoms with van der Waals surface area (Å²) in [6.07, 6.45) is 0. The zero-order valence-electron chi connectivity index (χ0n) is 12.0. The highest BCUT2D eigenvalue weighted by molar-refractivity contribution is 5.97. The maximum absolute atomic E-state index is 11.6. The molecule has 0 N–H and O–H groups in total. The largest absolute Gasteiger partial charge is 0.496 e. The molecule has 0 aliphatic heterocycles. The first-order valence-corrected chi connectivity index (χ1v) is 6.48. The average Bonchev–Trinajstić information content (AvgIpc) is 2.46. The van der Waals surface area contributed by atoms with Crippen molar-refractivity contribution in [3.8, 4) is 11.5 Å². The number of rotatable bonds is 5. The monoisotopic (exact) mass is 270 g/mol. The van der Waals surface area contributed by atoms with E-state index in [1.54, 1.807) is 14.0 Å². The third-order valence-corrected chi connectivity index (χ3v) is 3.09. The molecule has 0 aromatic heterocycles. The number of carbonyl (C=O) groups excluding carboxylic acids is 1. The molecule has 2 rings (SSSR count). The second kappa shape index (κ2) is 6.24. The van der Waals surface area contributed by atoms with Gasteiger partial charge in [-0.15, -0.1) is 0 Å². The van der Waals surface area contributed by atoms with Crippen LogP contribution in [-0.4, -0.2) is 12.9 Å². The predicted octanol–water partition coefficient (Wildman–Crippen LogP) is 3.79. The summed E-state index contributed by atoms with van der Waals surface area (Å²) in [5.41, 5.74) is 2.60. The van der Waals surface area contributed by atoms with Crippen LogP contribution >= 0.6 is 0 Å². The molecule has 0 aliphatic rings. The van der Waals surface area contributed by atoms with Gasteiger partial charge in [-0.3, -0.25) is 4.79 Å². The number of benzene rings is 2. The molecule has 0 fully saturated rings. The Morgan fingerprint density at radius 2 is 1.85 bits per heavy atom. The molecule has 0 saturated heterocycles. The van der Waals surface area contributed by atoms with Crippen molar-refractivity contribution in [2.45, 2.75) is 20.5 Å². The van der Waals surface area contributed by atoms with Crippen LogP contribution in [0, 0.1) is 6.92 Å². The molecule has 3 heteroatoms. The van der Waals surface area contributed by atoms with Crippen LogP contribution < -0.4 is 9.47 Å². The molecule has 0 radical (unpaired) electrons. The molecule has 2 aromatic rings. The van der Waals surface area contributed by atoms with Crippen LogP contribution in [0.1, 0.15) is 28.4 Å². The second-order valence-electron chi connectivity index (χ2n) is 4.66. The normalized spacial score (nSPS) is 10.2. The van der Waals surface area contributed by atoms with E-state index in [-0.39, 0.29) is 5.78 Å². The van der Waals surface area contributed by atoms with E-state index in [1.807, 2.05) is 49.4 Å². The third kappa shape index (κ3) is 3.18. The average molecular weight is 270 g/mol. The van der Waals surface area contributed by atoms with Crippen LogP contribution in [0.15, 0.2) is 42.5 Å². The lowest BCUT2D eigenvalue weighted by atomic mass is 10.1. The molecule has 0 amide bonds. The summed E-state index contributed by atoms with van der Waals surface area (Å²) < 4.78 is 11.1. The molecular formula is C17H18O3. The SMILES string of the molecule is COc1ccccc1COc1ccc(C)cc1C(C)=O. The molecule has 0 aliphatic carbocycles. The van der Waals surface area contributed by atoms with Gasteiger partial charge in [-0.2, -0.15) is 0 Å². The fourth-order valence-corrected chi connectivity index (χ4v) is 2.02. The smallest absolute Gasteiger partial charge is 0.163 e. The van der Waals surface area contributed by atoms with E-state index in [4.69, 9.17) is 9.47 Å². The maximum atomic E-state index is 11.6. The molecule has 3 nitrogen and oxygen atoms in total. The zero-order chi connectivity index (χ0) is 14.5. The van der Waals surface area contributed by atoms with Crippen molar-refractivity contribution < 1.29 is 14.3 Å². The molecular weight excluding hydrogens is 252 g/mol. The van der Waals surface area contributed by atoms with Crippen molar-refractivity contribution in [1.29, 1.82) is 0 Å². The number of carbonyl (C=O) groups is 1. The zero-order valence-corrected chi connectivity index (χ0v) is 12.0. The topological polar surface area (TPSA) is 35.5 Å². The van der Waals surface area contributed by atoms with Gasteiger partial charge in [-0.1, -0.05) is 29.8 Å². The van der Waals surface area contributed by atoms with E-state index in [0.717, 1.165) is 16.9 Å². The first kappa shape index (κ1) is 14.1. The Bertz CT molecular complexity index is 617. The van der Waals surface area contributed by atoms with Gasteiger partial charge in [-0.25, -0.2) is 0 Å². The molecule has 104 valence electrons. The number of ether oxygens (including phenoxy) is 2. The molecule has 0 heterocycles. The van der Waals surface area contributed by atoms with Gasteiger partial charge in [-0.05, 0) is 32.0 Å². The number of Topliss-reactive ketones (excluding diaryl/α,β-unsaturated/α-hetero) is 1. The number of hydrogen-bond donors (Lipinski definition) is 0. The number of para-hydroxylation sites is 1. The van der Waals surface area contributed by atoms with Gasteiger partial charge in [0.1, 0.15) is 18.1 Å². The van der Waals surface area contributed by atoms with Gasteiger partial charge in [0, 0.05) is 5.56 Å². The Labute approximate surface area is 119 Å². The number of methoxy groups -OCH3 is 1. The van der Waals surface area contributed by atoms with Crippen molar-refractivity contribution in [2.24, 2.45) is 0 Å². The summed E-state index contributed by atoms with van der Waals surface area (Å²) >= 11 is 0. The minimum atomic E-state index is 0.00345. The van der Waals surface area contributed by atoms with Gasteiger partial charge in [0.25, 0.3) is 0 Å². The summed E-state index contributed by atoms with van der Waals surface area (Å²) in [5, 5.41) is 0. The number of aryl methyl sites for hydroxylation is 1. The minimum Gasteiger partial charge on any atom is -0.496 e. The fraction of sp³-hybridized carbons (Fsp3) is 0.235. The van der Waals surface area contributed by atoms with Gasteiger partial charge < -0.3 is 9.47 Å². The highest BCUT2D eigenvalue weighted by atomic mass is 16.5. The Morgan fingerprint density at radius 3 is 2.55 bits per heavy atom. The lowest BCUT2D eigenvalue weighted by Gasteiger charge is -2.12. The van der Waals surface area contributed by atoms with E-state index in [9.17, 15) is 4.79 Å². The van der Waals surface area contributed by atoms with Gasteiger partial charge in [0.15, 0.2) is 5.78 Å². The van der Waals surface area contributed by atoms with Crippen LogP contribution in [0.25, 0.3) is 0 Å². The lowest BCUT2D eigenvalue weighted by Crippen LogP contribution is -2.03. The number of ketones is 1. The van der Waals surface area contributed by atoms with Crippen molar-refractivity contribution in [2.75, 3.05) is 7.11 Å². The Kier molecular flexibility index (Phi) is 4.41. The summed E-state index contributed by atoms with van der Waals surface area (Å²) in [4.78, 5) is 11.6. The molecule has 0 spiro atoms. The van der Waals surface area contributed by atoms with Gasteiger partial charge >= 0.3 is 0 Å².